The number of aromatic nitrogens is 1. The summed E-state index contributed by atoms with van der Waals surface area (Å²) in [4.78, 5) is 38.6. The first-order chi connectivity index (χ1) is 14.8. The molecule has 0 radical (unpaired) electrons. The van der Waals surface area contributed by atoms with Crippen molar-refractivity contribution < 1.29 is 24.2 Å². The lowest BCUT2D eigenvalue weighted by atomic mass is 10.0. The topological polar surface area (TPSA) is 119 Å². The van der Waals surface area contributed by atoms with E-state index in [0.717, 1.165) is 19.3 Å². The Labute approximate surface area is 180 Å². The molecular formula is C22H29N3O6. The fraction of sp³-hybridized carbons (Fsp3) is 0.500. The number of nitrogens with zero attached hydrogens (tertiary/aromatic N) is 1. The predicted octanol–water partition coefficient (Wildman–Crippen LogP) is 1.19. The van der Waals surface area contributed by atoms with Gasteiger partial charge in [0.25, 0.3) is 11.5 Å². The number of benzene rings is 1. The summed E-state index contributed by atoms with van der Waals surface area (Å²) in [5, 5.41) is 14.7. The summed E-state index contributed by atoms with van der Waals surface area (Å²) in [5.41, 5.74) is -1.17. The van der Waals surface area contributed by atoms with E-state index >= 15 is 0 Å². The number of pyridine rings is 1. The van der Waals surface area contributed by atoms with Crippen LogP contribution < -0.4 is 25.7 Å². The number of aryl methyl sites for hydroxylation is 1. The highest BCUT2D eigenvalue weighted by Gasteiger charge is 2.31. The van der Waals surface area contributed by atoms with Crippen molar-refractivity contribution in [3.63, 3.8) is 0 Å². The molecule has 1 aromatic heterocycles. The molecule has 3 N–H and O–H groups in total. The van der Waals surface area contributed by atoms with Gasteiger partial charge in [-0.2, -0.15) is 0 Å². The molecule has 168 valence electrons. The van der Waals surface area contributed by atoms with Gasteiger partial charge in [-0.05, 0) is 51.3 Å². The molecule has 3 rings (SSSR count). The van der Waals surface area contributed by atoms with Crippen molar-refractivity contribution in [2.24, 2.45) is 0 Å². The van der Waals surface area contributed by atoms with Crippen LogP contribution in [0.4, 0.5) is 0 Å². The zero-order valence-electron chi connectivity index (χ0n) is 18.1. The van der Waals surface area contributed by atoms with E-state index in [9.17, 15) is 14.4 Å². The van der Waals surface area contributed by atoms with Gasteiger partial charge in [-0.25, -0.2) is 0 Å². The van der Waals surface area contributed by atoms with Crippen molar-refractivity contribution in [2.45, 2.75) is 45.2 Å². The monoisotopic (exact) mass is 431 g/mol. The Morgan fingerprint density at radius 3 is 2.74 bits per heavy atom. The van der Waals surface area contributed by atoms with Crippen LogP contribution >= 0.6 is 0 Å². The number of methoxy groups -OCH3 is 1. The highest BCUT2D eigenvalue weighted by atomic mass is 16.5. The van der Waals surface area contributed by atoms with Crippen LogP contribution in [0.25, 0.3) is 10.9 Å². The van der Waals surface area contributed by atoms with Gasteiger partial charge in [-0.1, -0.05) is 0 Å². The third-order valence-corrected chi connectivity index (χ3v) is 5.30. The lowest BCUT2D eigenvalue weighted by molar-refractivity contribution is -0.126. The average molecular weight is 431 g/mol. The van der Waals surface area contributed by atoms with Crippen molar-refractivity contribution in [3.05, 3.63) is 34.1 Å². The molecule has 1 aromatic carbocycles. The molecular weight excluding hydrogens is 402 g/mol. The van der Waals surface area contributed by atoms with Gasteiger partial charge < -0.3 is 29.8 Å². The summed E-state index contributed by atoms with van der Waals surface area (Å²) in [6, 6.07) is 5.05. The maximum atomic E-state index is 13.3. The Balaban J connectivity index is 2.07. The normalized spacial score (nSPS) is 14.1. The van der Waals surface area contributed by atoms with E-state index in [2.05, 4.69) is 10.6 Å². The molecule has 0 saturated carbocycles. The molecule has 0 saturated heterocycles. The largest absolute Gasteiger partial charge is 0.493 e. The summed E-state index contributed by atoms with van der Waals surface area (Å²) in [6.07, 6.45) is 2.51. The molecule has 2 aromatic rings. The average Bonchev–Trinajstić information content (AvgIpc) is 2.85. The van der Waals surface area contributed by atoms with Crippen LogP contribution in [0.2, 0.25) is 0 Å². The van der Waals surface area contributed by atoms with Crippen LogP contribution in [0.1, 0.15) is 43.5 Å². The van der Waals surface area contributed by atoms with E-state index in [4.69, 9.17) is 14.6 Å². The second kappa shape index (κ2) is 9.38. The number of amides is 2. The van der Waals surface area contributed by atoms with Gasteiger partial charge in [0, 0.05) is 18.5 Å². The Morgan fingerprint density at radius 2 is 2.03 bits per heavy atom. The highest BCUT2D eigenvalue weighted by molar-refractivity contribution is 6.01. The molecule has 0 aliphatic carbocycles. The minimum Gasteiger partial charge on any atom is -0.493 e. The SMILES string of the molecule is COc1ccc2cc(C(=O)NC(C)(C)C(=O)NCCO)c(=O)n3c2c1OCCCCC3. The number of rotatable bonds is 6. The van der Waals surface area contributed by atoms with E-state index in [0.29, 0.717) is 35.6 Å². The van der Waals surface area contributed by atoms with E-state index < -0.39 is 22.9 Å². The number of hydrogen-bond donors (Lipinski definition) is 3. The molecule has 0 spiro atoms. The first-order valence-electron chi connectivity index (χ1n) is 10.4. The molecule has 0 bridgehead atoms. The highest BCUT2D eigenvalue weighted by Crippen LogP contribution is 2.36. The lowest BCUT2D eigenvalue weighted by Gasteiger charge is -2.25. The van der Waals surface area contributed by atoms with Gasteiger partial charge in [0.2, 0.25) is 5.91 Å². The van der Waals surface area contributed by atoms with Gasteiger partial charge in [0.1, 0.15) is 11.1 Å². The predicted molar refractivity (Wildman–Crippen MR) is 116 cm³/mol. The number of aliphatic hydroxyl groups excluding tert-OH is 1. The first kappa shape index (κ1) is 22.6. The second-order valence-electron chi connectivity index (χ2n) is 8.02. The molecule has 2 amide bonds. The number of ether oxygens (including phenoxy) is 2. The first-order valence-corrected chi connectivity index (χ1v) is 10.4. The Bertz CT molecular complexity index is 1040. The number of carbonyl (C=O) groups is 2. The summed E-state index contributed by atoms with van der Waals surface area (Å²) < 4.78 is 12.9. The van der Waals surface area contributed by atoms with Crippen molar-refractivity contribution in [2.75, 3.05) is 26.9 Å². The molecule has 0 atom stereocenters. The molecule has 1 aliphatic rings. The Kier molecular flexibility index (Phi) is 6.84. The molecule has 31 heavy (non-hydrogen) atoms. The maximum absolute atomic E-state index is 13.3. The minimum absolute atomic E-state index is 0.0501. The smallest absolute Gasteiger partial charge is 0.264 e. The zero-order valence-corrected chi connectivity index (χ0v) is 18.1. The molecule has 1 aliphatic heterocycles. The fourth-order valence-corrected chi connectivity index (χ4v) is 3.62. The molecule has 0 unspecified atom stereocenters. The van der Waals surface area contributed by atoms with Gasteiger partial charge in [-0.15, -0.1) is 0 Å². The Hall–Kier alpha value is -3.07. The van der Waals surface area contributed by atoms with Crippen molar-refractivity contribution in [1.82, 2.24) is 15.2 Å². The minimum atomic E-state index is -1.27. The summed E-state index contributed by atoms with van der Waals surface area (Å²) in [5.74, 6) is -0.0728. The van der Waals surface area contributed by atoms with Gasteiger partial charge in [0.15, 0.2) is 11.5 Å². The van der Waals surface area contributed by atoms with Crippen LogP contribution in [-0.2, 0) is 11.3 Å². The Morgan fingerprint density at radius 1 is 1.26 bits per heavy atom. The van der Waals surface area contributed by atoms with E-state index in [1.807, 2.05) is 0 Å². The van der Waals surface area contributed by atoms with Crippen LogP contribution in [-0.4, -0.2) is 53.9 Å². The fourth-order valence-electron chi connectivity index (χ4n) is 3.62. The van der Waals surface area contributed by atoms with E-state index in [1.54, 1.807) is 23.8 Å². The third kappa shape index (κ3) is 4.66. The molecule has 9 nitrogen and oxygen atoms in total. The number of carbonyl (C=O) groups excluding carboxylic acids is 2. The van der Waals surface area contributed by atoms with Gasteiger partial charge in [0.05, 0.1) is 25.8 Å². The van der Waals surface area contributed by atoms with E-state index in [1.165, 1.54) is 19.9 Å². The number of nitrogens with one attached hydrogen (secondary N) is 2. The van der Waals surface area contributed by atoms with Crippen LogP contribution in [0, 0.1) is 0 Å². The van der Waals surface area contributed by atoms with Crippen molar-refractivity contribution in [1.29, 1.82) is 0 Å². The summed E-state index contributed by atoms with van der Waals surface area (Å²) in [6.45, 7) is 3.90. The van der Waals surface area contributed by atoms with Crippen LogP contribution in [0.3, 0.4) is 0 Å². The summed E-state index contributed by atoms with van der Waals surface area (Å²) in [7, 11) is 1.54. The third-order valence-electron chi connectivity index (χ3n) is 5.30. The summed E-state index contributed by atoms with van der Waals surface area (Å²) >= 11 is 0. The molecule has 0 fully saturated rings. The number of aliphatic hydroxyl groups is 1. The van der Waals surface area contributed by atoms with Crippen LogP contribution in [0.5, 0.6) is 11.5 Å². The quantitative estimate of drug-likeness (QED) is 0.632. The zero-order chi connectivity index (χ0) is 22.6. The second-order valence-corrected chi connectivity index (χ2v) is 8.02. The number of hydrogen-bond acceptors (Lipinski definition) is 6. The van der Waals surface area contributed by atoms with Crippen molar-refractivity contribution >= 4 is 22.7 Å². The van der Waals surface area contributed by atoms with Gasteiger partial charge in [-0.3, -0.25) is 14.4 Å². The van der Waals surface area contributed by atoms with Gasteiger partial charge >= 0.3 is 0 Å². The lowest BCUT2D eigenvalue weighted by Crippen LogP contribution is -2.55. The molecule has 2 heterocycles. The van der Waals surface area contributed by atoms with E-state index in [-0.39, 0.29) is 18.7 Å². The maximum Gasteiger partial charge on any atom is 0.264 e. The standard InChI is InChI=1S/C22H29N3O6/c1-22(2,21(29)23-9-11-26)24-19(27)15-13-14-7-8-16(30-3)18-17(14)25(20(15)28)10-5-4-6-12-31-18/h7-8,13,26H,4-6,9-12H2,1-3H3,(H,23,29)(H,24,27). The molecule has 9 heteroatoms. The van der Waals surface area contributed by atoms with Crippen molar-refractivity contribution in [3.8, 4) is 11.5 Å². The van der Waals surface area contributed by atoms with Crippen LogP contribution in [0.15, 0.2) is 23.0 Å².